The molecule has 1 N–H and O–H groups in total. The van der Waals surface area contributed by atoms with E-state index >= 15 is 0 Å². The van der Waals surface area contributed by atoms with Crippen molar-refractivity contribution in [2.75, 3.05) is 0 Å². The van der Waals surface area contributed by atoms with Crippen molar-refractivity contribution in [1.82, 2.24) is 4.98 Å². The average molecular weight is 274 g/mol. The van der Waals surface area contributed by atoms with E-state index in [1.807, 2.05) is 19.2 Å². The number of H-pyrrole nitrogens is 1. The number of aromatic amines is 1. The summed E-state index contributed by atoms with van der Waals surface area (Å²) in [7, 11) is 0. The molecular formula is C5H8IrN. The minimum absolute atomic E-state index is 0. The Kier molecular flexibility index (Phi) is 2.97. The van der Waals surface area contributed by atoms with Gasteiger partial charge in [-0.2, -0.15) is 17.8 Å². The number of hydrogen-bond donors (Lipinski definition) is 1. The molecule has 0 saturated heterocycles. The Labute approximate surface area is 59.5 Å². The van der Waals surface area contributed by atoms with Gasteiger partial charge in [-0.25, -0.2) is 0 Å². The largest absolute Gasteiger partial charge is 3.00 e. The van der Waals surface area contributed by atoms with E-state index < -0.39 is 0 Å². The van der Waals surface area contributed by atoms with Gasteiger partial charge in [0, 0.05) is 0 Å². The molecule has 0 aromatic carbocycles. The summed E-state index contributed by atoms with van der Waals surface area (Å²) in [5.41, 5.74) is 1.16. The van der Waals surface area contributed by atoms with Crippen LogP contribution in [0.4, 0.5) is 0 Å². The van der Waals surface area contributed by atoms with Gasteiger partial charge in [-0.3, -0.25) is 0 Å². The predicted octanol–water partition coefficient (Wildman–Crippen LogP) is 1.35. The minimum atomic E-state index is 0. The van der Waals surface area contributed by atoms with Gasteiger partial charge in [0.1, 0.15) is 0 Å². The maximum Gasteiger partial charge on any atom is 3.00 e. The van der Waals surface area contributed by atoms with E-state index in [-0.39, 0.29) is 23.0 Å². The van der Waals surface area contributed by atoms with Crippen molar-refractivity contribution in [2.24, 2.45) is 0 Å². The molecule has 1 aromatic rings. The van der Waals surface area contributed by atoms with Crippen LogP contribution in [0.25, 0.3) is 0 Å². The van der Waals surface area contributed by atoms with E-state index in [0.717, 1.165) is 5.56 Å². The molecular weight excluding hydrogens is 266 g/mol. The van der Waals surface area contributed by atoms with Gasteiger partial charge in [-0.05, 0) is 0 Å². The van der Waals surface area contributed by atoms with Crippen LogP contribution in [0.15, 0.2) is 12.3 Å². The number of rotatable bonds is 0. The zero-order chi connectivity index (χ0) is 4.41. The Balaban J connectivity index is -0.000000120. The molecule has 0 spiro atoms. The fourth-order valence-corrected chi connectivity index (χ4v) is 0.364. The van der Waals surface area contributed by atoms with E-state index in [4.69, 9.17) is 0 Å². The monoisotopic (exact) mass is 275 g/mol. The summed E-state index contributed by atoms with van der Waals surface area (Å²) in [6.45, 7) is 2.00. The second-order valence-electron chi connectivity index (χ2n) is 1.29. The third kappa shape index (κ3) is 1.91. The third-order valence-corrected chi connectivity index (χ3v) is 0.686. The van der Waals surface area contributed by atoms with Gasteiger partial charge in [-0.15, -0.1) is 6.20 Å². The number of aromatic nitrogens is 1. The molecule has 0 aliphatic heterocycles. The molecule has 0 amide bonds. The molecule has 42 valence electrons. The van der Waals surface area contributed by atoms with Crippen molar-refractivity contribution in [3.8, 4) is 0 Å². The first kappa shape index (κ1) is 6.93. The number of nitrogens with one attached hydrogen (secondary N) is 1. The van der Waals surface area contributed by atoms with E-state index in [1.54, 1.807) is 0 Å². The summed E-state index contributed by atoms with van der Waals surface area (Å²) in [4.78, 5) is 2.80. The van der Waals surface area contributed by atoms with Gasteiger partial charge in [0.05, 0.1) is 0 Å². The van der Waals surface area contributed by atoms with Gasteiger partial charge >= 0.3 is 20.1 Å². The van der Waals surface area contributed by atoms with Crippen LogP contribution in [0.1, 0.15) is 8.42 Å². The molecule has 0 aliphatic carbocycles. The summed E-state index contributed by atoms with van der Waals surface area (Å²) < 4.78 is 0. The summed E-state index contributed by atoms with van der Waals surface area (Å²) in [5, 5.41) is 0. The van der Waals surface area contributed by atoms with E-state index in [2.05, 4.69) is 11.2 Å². The molecule has 0 radical (unpaired) electrons. The van der Waals surface area contributed by atoms with E-state index in [0.29, 0.717) is 0 Å². The van der Waals surface area contributed by atoms with Crippen LogP contribution in [-0.4, -0.2) is 4.98 Å². The Morgan fingerprint density at radius 3 is 2.71 bits per heavy atom. The first-order valence-corrected chi connectivity index (χ1v) is 1.91. The molecule has 1 nitrogen and oxygen atoms in total. The zero-order valence-electron chi connectivity index (χ0n) is 5.99. The summed E-state index contributed by atoms with van der Waals surface area (Å²) >= 11 is 0. The summed E-state index contributed by atoms with van der Waals surface area (Å²) in [6.07, 6.45) is 4.73. The fourth-order valence-electron chi connectivity index (χ4n) is 0.364. The molecule has 7 heavy (non-hydrogen) atoms. The van der Waals surface area contributed by atoms with Crippen LogP contribution in [0.3, 0.4) is 0 Å². The molecule has 1 heterocycles. The second-order valence-corrected chi connectivity index (χ2v) is 1.29. The SMILES string of the molecule is Cc1[c-][nH]cc1.[H-].[H-].[Ir+3]. The van der Waals surface area contributed by atoms with Crippen LogP contribution in [0.2, 0.25) is 0 Å². The molecule has 0 fully saturated rings. The Bertz CT molecular complexity index is 119. The van der Waals surface area contributed by atoms with Gasteiger partial charge in [-0.1, -0.05) is 6.92 Å². The van der Waals surface area contributed by atoms with Crippen LogP contribution in [-0.2, 0) is 20.1 Å². The molecule has 2 heteroatoms. The topological polar surface area (TPSA) is 15.8 Å². The molecule has 0 atom stereocenters. The van der Waals surface area contributed by atoms with Crippen molar-refractivity contribution >= 4 is 0 Å². The maximum absolute atomic E-state index is 2.88. The van der Waals surface area contributed by atoms with Crippen LogP contribution >= 0.6 is 0 Å². The van der Waals surface area contributed by atoms with Crippen molar-refractivity contribution in [3.63, 3.8) is 0 Å². The third-order valence-electron chi connectivity index (χ3n) is 0.686. The maximum atomic E-state index is 2.88. The van der Waals surface area contributed by atoms with Crippen molar-refractivity contribution in [3.05, 3.63) is 24.0 Å². The van der Waals surface area contributed by atoms with Gasteiger partial charge in [0.2, 0.25) is 0 Å². The Morgan fingerprint density at radius 1 is 1.86 bits per heavy atom. The molecule has 0 unspecified atom stereocenters. The molecule has 0 bridgehead atoms. The smallest absolute Gasteiger partial charge is 1.00 e. The zero-order valence-corrected chi connectivity index (χ0v) is 6.38. The van der Waals surface area contributed by atoms with Gasteiger partial charge in [0.25, 0.3) is 0 Å². The Hall–Kier alpha value is -0.0706. The first-order chi connectivity index (χ1) is 2.89. The van der Waals surface area contributed by atoms with Crippen LogP contribution in [0.5, 0.6) is 0 Å². The van der Waals surface area contributed by atoms with E-state index in [1.165, 1.54) is 0 Å². The normalized spacial score (nSPS) is 7.57. The van der Waals surface area contributed by atoms with Crippen molar-refractivity contribution < 1.29 is 23.0 Å². The molecule has 0 saturated carbocycles. The Morgan fingerprint density at radius 2 is 2.57 bits per heavy atom. The number of aryl methyl sites for hydroxylation is 1. The second kappa shape index (κ2) is 3.00. The van der Waals surface area contributed by atoms with E-state index in [9.17, 15) is 0 Å². The number of hydrogen-bond acceptors (Lipinski definition) is 0. The molecule has 1 rings (SSSR count). The fraction of sp³-hybridized carbons (Fsp3) is 0.200. The van der Waals surface area contributed by atoms with Crippen molar-refractivity contribution in [1.29, 1.82) is 0 Å². The van der Waals surface area contributed by atoms with Gasteiger partial charge in [0.15, 0.2) is 0 Å². The van der Waals surface area contributed by atoms with Crippen LogP contribution < -0.4 is 0 Å². The van der Waals surface area contributed by atoms with Gasteiger partial charge < -0.3 is 7.84 Å². The molecule has 1 aromatic heterocycles. The summed E-state index contributed by atoms with van der Waals surface area (Å²) in [5.74, 6) is 0. The molecule has 0 aliphatic rings. The summed E-state index contributed by atoms with van der Waals surface area (Å²) in [6, 6.07) is 1.97. The first-order valence-electron chi connectivity index (χ1n) is 1.91. The standard InChI is InChI=1S/C5H6N.Ir.2H/c1-5-2-3-6-4-5;;;/h2-3,6H,1H3;;;/q-1;+3;2*-1. The van der Waals surface area contributed by atoms with Crippen LogP contribution in [0, 0.1) is 13.1 Å². The predicted molar refractivity (Wildman–Crippen MR) is 26.6 cm³/mol. The quantitative estimate of drug-likeness (QED) is 0.687. The average Bonchev–Trinajstić information content (AvgIpc) is 1.86. The van der Waals surface area contributed by atoms with Crippen molar-refractivity contribution in [2.45, 2.75) is 6.92 Å². The minimum Gasteiger partial charge on any atom is -1.00 e.